The van der Waals surface area contributed by atoms with Crippen LogP contribution < -0.4 is 0 Å². The molecule has 1 aliphatic rings. The number of rotatable bonds is 3. The van der Waals surface area contributed by atoms with Gasteiger partial charge >= 0.3 is 6.09 Å². The molecule has 1 heterocycles. The monoisotopic (exact) mass is 257 g/mol. The van der Waals surface area contributed by atoms with Gasteiger partial charge in [-0.3, -0.25) is 4.90 Å². The molecule has 0 aromatic rings. The Kier molecular flexibility index (Phi) is 5.16. The number of amides is 1. The van der Waals surface area contributed by atoms with E-state index in [2.05, 4.69) is 6.58 Å². The van der Waals surface area contributed by atoms with Crippen molar-refractivity contribution >= 4 is 6.09 Å². The maximum atomic E-state index is 12.2. The Morgan fingerprint density at radius 1 is 1.50 bits per heavy atom. The van der Waals surface area contributed by atoms with E-state index in [1.807, 2.05) is 20.8 Å². The smallest absolute Gasteiger partial charge is 0.411 e. The van der Waals surface area contributed by atoms with E-state index in [1.165, 1.54) is 0 Å². The summed E-state index contributed by atoms with van der Waals surface area (Å²) >= 11 is 0. The summed E-state index contributed by atoms with van der Waals surface area (Å²) < 4.78 is 10.8. The molecule has 18 heavy (non-hydrogen) atoms. The molecule has 1 amide bonds. The molecule has 0 bridgehead atoms. The maximum absolute atomic E-state index is 12.2. The third-order valence-electron chi connectivity index (χ3n) is 2.66. The van der Waals surface area contributed by atoms with Crippen molar-refractivity contribution in [1.82, 2.24) is 4.90 Å². The lowest BCUT2D eigenvalue weighted by molar-refractivity contribution is -0.0714. The lowest BCUT2D eigenvalue weighted by Crippen LogP contribution is -2.57. The number of hydrogen-bond donors (Lipinski definition) is 1. The van der Waals surface area contributed by atoms with Crippen LogP contribution in [0.15, 0.2) is 12.7 Å². The number of carbonyl (C=O) groups excluding carboxylic acids is 1. The number of nitrogens with zero attached hydrogens (tertiary/aromatic N) is 1. The molecule has 0 aliphatic carbocycles. The summed E-state index contributed by atoms with van der Waals surface area (Å²) in [7, 11) is 0. The highest BCUT2D eigenvalue weighted by Crippen LogP contribution is 2.20. The summed E-state index contributed by atoms with van der Waals surface area (Å²) in [5.74, 6) is 0. The van der Waals surface area contributed by atoms with E-state index in [0.29, 0.717) is 19.6 Å². The van der Waals surface area contributed by atoms with Gasteiger partial charge in [0.05, 0.1) is 31.9 Å². The molecule has 1 fully saturated rings. The van der Waals surface area contributed by atoms with Gasteiger partial charge in [-0.25, -0.2) is 4.79 Å². The molecule has 0 aromatic carbocycles. The number of carbonyl (C=O) groups is 1. The van der Waals surface area contributed by atoms with Crippen molar-refractivity contribution in [3.63, 3.8) is 0 Å². The second kappa shape index (κ2) is 6.20. The summed E-state index contributed by atoms with van der Waals surface area (Å²) in [6, 6.07) is -0.471. The molecule has 0 aromatic heterocycles. The Morgan fingerprint density at radius 2 is 2.11 bits per heavy atom. The van der Waals surface area contributed by atoms with Crippen LogP contribution in [-0.2, 0) is 9.47 Å². The Morgan fingerprint density at radius 3 is 2.61 bits per heavy atom. The van der Waals surface area contributed by atoms with Crippen LogP contribution in [0.2, 0.25) is 0 Å². The van der Waals surface area contributed by atoms with Gasteiger partial charge < -0.3 is 14.6 Å². The van der Waals surface area contributed by atoms with E-state index in [4.69, 9.17) is 9.47 Å². The first-order valence-electron chi connectivity index (χ1n) is 6.20. The highest BCUT2D eigenvalue weighted by atomic mass is 16.6. The van der Waals surface area contributed by atoms with Crippen LogP contribution in [0, 0.1) is 0 Å². The van der Waals surface area contributed by atoms with Crippen molar-refractivity contribution in [3.05, 3.63) is 12.7 Å². The molecular weight excluding hydrogens is 234 g/mol. The van der Waals surface area contributed by atoms with Crippen LogP contribution in [0.5, 0.6) is 0 Å². The standard InChI is InChI=1S/C13H23NO4/c1-5-6-10-8-17-9-11(7-15)14(10)12(16)18-13(2,3)4/h5,10-11,15H,1,6-9H2,2-4H3/t10-,11+/m0/s1. The van der Waals surface area contributed by atoms with Crippen molar-refractivity contribution in [1.29, 1.82) is 0 Å². The van der Waals surface area contributed by atoms with Crippen LogP contribution in [-0.4, -0.2) is 53.6 Å². The molecule has 1 saturated heterocycles. The van der Waals surface area contributed by atoms with Crippen LogP contribution in [0.4, 0.5) is 4.79 Å². The third-order valence-corrected chi connectivity index (χ3v) is 2.66. The van der Waals surface area contributed by atoms with E-state index in [-0.39, 0.29) is 18.7 Å². The lowest BCUT2D eigenvalue weighted by atomic mass is 10.1. The molecule has 0 saturated carbocycles. The van der Waals surface area contributed by atoms with Gasteiger partial charge in [0.15, 0.2) is 0 Å². The fourth-order valence-corrected chi connectivity index (χ4v) is 1.93. The highest BCUT2D eigenvalue weighted by molar-refractivity contribution is 5.69. The minimum absolute atomic E-state index is 0.122. The molecule has 5 heteroatoms. The summed E-state index contributed by atoms with van der Waals surface area (Å²) in [6.45, 7) is 9.79. The first-order valence-corrected chi connectivity index (χ1v) is 6.20. The molecule has 2 atom stereocenters. The first kappa shape index (κ1) is 15.0. The minimum Gasteiger partial charge on any atom is -0.444 e. The topological polar surface area (TPSA) is 59.0 Å². The van der Waals surface area contributed by atoms with Gasteiger partial charge in [-0.1, -0.05) is 6.08 Å². The van der Waals surface area contributed by atoms with Gasteiger partial charge in [-0.05, 0) is 27.2 Å². The zero-order valence-electron chi connectivity index (χ0n) is 11.4. The van der Waals surface area contributed by atoms with Crippen LogP contribution in [0.3, 0.4) is 0 Å². The van der Waals surface area contributed by atoms with Crippen molar-refractivity contribution in [2.45, 2.75) is 44.9 Å². The van der Waals surface area contributed by atoms with Gasteiger partial charge in [-0.15, -0.1) is 6.58 Å². The fraction of sp³-hybridized carbons (Fsp3) is 0.769. The number of aliphatic hydroxyl groups is 1. The number of ether oxygens (including phenoxy) is 2. The molecule has 0 radical (unpaired) electrons. The van der Waals surface area contributed by atoms with Gasteiger partial charge in [0.2, 0.25) is 0 Å². The Bertz CT molecular complexity index is 298. The van der Waals surface area contributed by atoms with E-state index >= 15 is 0 Å². The average Bonchev–Trinajstić information content (AvgIpc) is 2.26. The normalized spacial score (nSPS) is 24.8. The lowest BCUT2D eigenvalue weighted by Gasteiger charge is -2.41. The van der Waals surface area contributed by atoms with E-state index in [1.54, 1.807) is 11.0 Å². The zero-order valence-corrected chi connectivity index (χ0v) is 11.4. The predicted octanol–water partition coefficient (Wildman–Crippen LogP) is 1.56. The largest absolute Gasteiger partial charge is 0.444 e. The molecule has 0 spiro atoms. The van der Waals surface area contributed by atoms with Gasteiger partial charge in [0, 0.05) is 0 Å². The summed E-state index contributed by atoms with van der Waals surface area (Å²) in [4.78, 5) is 13.8. The predicted molar refractivity (Wildman–Crippen MR) is 68.4 cm³/mol. The SMILES string of the molecule is C=CC[C@H]1COC[C@@H](CO)N1C(=O)OC(C)(C)C. The summed E-state index contributed by atoms with van der Waals surface area (Å²) in [6.07, 6.45) is 1.96. The van der Waals surface area contributed by atoms with Crippen LogP contribution >= 0.6 is 0 Å². The molecule has 1 N–H and O–H groups in total. The third kappa shape index (κ3) is 3.99. The molecule has 0 unspecified atom stereocenters. The fourth-order valence-electron chi connectivity index (χ4n) is 1.93. The van der Waals surface area contributed by atoms with E-state index < -0.39 is 11.7 Å². The number of hydrogen-bond acceptors (Lipinski definition) is 4. The van der Waals surface area contributed by atoms with Gasteiger partial charge in [0.1, 0.15) is 5.60 Å². The minimum atomic E-state index is -0.547. The Balaban J connectivity index is 2.81. The number of aliphatic hydroxyl groups excluding tert-OH is 1. The summed E-state index contributed by atoms with van der Waals surface area (Å²) in [5.41, 5.74) is -0.547. The van der Waals surface area contributed by atoms with Gasteiger partial charge in [-0.2, -0.15) is 0 Å². The highest BCUT2D eigenvalue weighted by Gasteiger charge is 2.36. The second-order valence-electron chi connectivity index (χ2n) is 5.44. The summed E-state index contributed by atoms with van der Waals surface area (Å²) in [5, 5.41) is 9.34. The van der Waals surface area contributed by atoms with E-state index in [9.17, 15) is 9.90 Å². The van der Waals surface area contributed by atoms with Crippen molar-refractivity contribution in [3.8, 4) is 0 Å². The van der Waals surface area contributed by atoms with Gasteiger partial charge in [0.25, 0.3) is 0 Å². The maximum Gasteiger partial charge on any atom is 0.411 e. The Hall–Kier alpha value is -1.07. The Labute approximate surface area is 108 Å². The second-order valence-corrected chi connectivity index (χ2v) is 5.44. The van der Waals surface area contributed by atoms with Crippen LogP contribution in [0.1, 0.15) is 27.2 Å². The van der Waals surface area contributed by atoms with Crippen molar-refractivity contribution in [2.75, 3.05) is 19.8 Å². The zero-order chi connectivity index (χ0) is 13.8. The molecular formula is C13H23NO4. The molecule has 5 nitrogen and oxygen atoms in total. The van der Waals surface area contributed by atoms with E-state index in [0.717, 1.165) is 0 Å². The molecule has 1 aliphatic heterocycles. The average molecular weight is 257 g/mol. The first-order chi connectivity index (χ1) is 8.39. The number of morpholine rings is 1. The van der Waals surface area contributed by atoms with Crippen LogP contribution in [0.25, 0.3) is 0 Å². The van der Waals surface area contributed by atoms with Crippen molar-refractivity contribution in [2.24, 2.45) is 0 Å². The molecule has 104 valence electrons. The quantitative estimate of drug-likeness (QED) is 0.779. The van der Waals surface area contributed by atoms with Crippen molar-refractivity contribution < 1.29 is 19.4 Å². The molecule has 1 rings (SSSR count).